The molecule has 0 radical (unpaired) electrons. The van der Waals surface area contributed by atoms with Crippen LogP contribution in [0.2, 0.25) is 5.02 Å². The lowest BCUT2D eigenvalue weighted by molar-refractivity contribution is 0.102. The Kier molecular flexibility index (Phi) is 4.86. The molecule has 0 aliphatic carbocycles. The third-order valence-corrected chi connectivity index (χ3v) is 4.10. The molecule has 1 amide bonds. The number of halogens is 3. The standard InChI is InChI=1S/C14H10BrClINO/c1-8-2-3-9(15)6-11(8)14(19)18-13-5-4-10(17)7-12(13)16/h2-7H,1H3,(H,18,19). The molecule has 0 atom stereocenters. The maximum Gasteiger partial charge on any atom is 0.256 e. The number of rotatable bonds is 2. The predicted molar refractivity (Wildman–Crippen MR) is 91.0 cm³/mol. The van der Waals surface area contributed by atoms with Crippen molar-refractivity contribution < 1.29 is 4.79 Å². The van der Waals surface area contributed by atoms with E-state index in [1.165, 1.54) is 0 Å². The van der Waals surface area contributed by atoms with Gasteiger partial charge in [-0.25, -0.2) is 0 Å². The zero-order valence-electron chi connectivity index (χ0n) is 10.0. The van der Waals surface area contributed by atoms with E-state index in [0.717, 1.165) is 13.6 Å². The quantitative estimate of drug-likeness (QED) is 0.621. The van der Waals surface area contributed by atoms with Crippen LogP contribution in [0.5, 0.6) is 0 Å². The van der Waals surface area contributed by atoms with E-state index >= 15 is 0 Å². The van der Waals surface area contributed by atoms with Crippen LogP contribution in [0.25, 0.3) is 0 Å². The number of aryl methyl sites for hydroxylation is 1. The molecular weight excluding hydrogens is 440 g/mol. The fourth-order valence-electron chi connectivity index (χ4n) is 1.62. The highest BCUT2D eigenvalue weighted by molar-refractivity contribution is 14.1. The molecule has 19 heavy (non-hydrogen) atoms. The van der Waals surface area contributed by atoms with E-state index in [0.29, 0.717) is 16.3 Å². The van der Waals surface area contributed by atoms with E-state index in [1.54, 1.807) is 12.1 Å². The lowest BCUT2D eigenvalue weighted by atomic mass is 10.1. The molecule has 0 fully saturated rings. The molecule has 1 N–H and O–H groups in total. The first-order chi connectivity index (χ1) is 8.97. The van der Waals surface area contributed by atoms with Gasteiger partial charge in [0, 0.05) is 13.6 Å². The summed E-state index contributed by atoms with van der Waals surface area (Å²) in [6.07, 6.45) is 0. The van der Waals surface area contributed by atoms with Gasteiger partial charge in [-0.15, -0.1) is 0 Å². The van der Waals surface area contributed by atoms with Crippen molar-refractivity contribution in [2.45, 2.75) is 6.92 Å². The minimum Gasteiger partial charge on any atom is -0.321 e. The van der Waals surface area contributed by atoms with Gasteiger partial charge in [0.2, 0.25) is 0 Å². The monoisotopic (exact) mass is 449 g/mol. The van der Waals surface area contributed by atoms with E-state index in [4.69, 9.17) is 11.6 Å². The van der Waals surface area contributed by atoms with Gasteiger partial charge in [-0.1, -0.05) is 33.6 Å². The second-order valence-electron chi connectivity index (χ2n) is 4.04. The fourth-order valence-corrected chi connectivity index (χ4v) is 2.88. The molecule has 0 saturated carbocycles. The zero-order chi connectivity index (χ0) is 14.0. The summed E-state index contributed by atoms with van der Waals surface area (Å²) < 4.78 is 1.90. The number of carbonyl (C=O) groups is 1. The maximum absolute atomic E-state index is 12.2. The summed E-state index contributed by atoms with van der Waals surface area (Å²) in [7, 11) is 0. The number of hydrogen-bond donors (Lipinski definition) is 1. The molecule has 2 nitrogen and oxygen atoms in total. The van der Waals surface area contributed by atoms with Crippen molar-refractivity contribution in [2.24, 2.45) is 0 Å². The van der Waals surface area contributed by atoms with E-state index in [2.05, 4.69) is 43.8 Å². The zero-order valence-corrected chi connectivity index (χ0v) is 14.5. The minimum atomic E-state index is -0.165. The summed E-state index contributed by atoms with van der Waals surface area (Å²) in [5.41, 5.74) is 2.16. The van der Waals surface area contributed by atoms with Gasteiger partial charge >= 0.3 is 0 Å². The Hall–Kier alpha value is -0.590. The van der Waals surface area contributed by atoms with Gasteiger partial charge in [-0.05, 0) is 65.4 Å². The van der Waals surface area contributed by atoms with E-state index in [-0.39, 0.29) is 5.91 Å². The first-order valence-electron chi connectivity index (χ1n) is 5.50. The van der Waals surface area contributed by atoms with Crippen LogP contribution in [0.4, 0.5) is 5.69 Å². The first kappa shape index (κ1) is 14.8. The smallest absolute Gasteiger partial charge is 0.256 e. The highest BCUT2D eigenvalue weighted by Crippen LogP contribution is 2.25. The van der Waals surface area contributed by atoms with Crippen LogP contribution in [-0.2, 0) is 0 Å². The van der Waals surface area contributed by atoms with Gasteiger partial charge < -0.3 is 5.32 Å². The molecule has 0 aromatic heterocycles. The molecule has 2 rings (SSSR count). The lowest BCUT2D eigenvalue weighted by Gasteiger charge is -2.10. The van der Waals surface area contributed by atoms with Crippen molar-refractivity contribution in [2.75, 3.05) is 5.32 Å². The summed E-state index contributed by atoms with van der Waals surface area (Å²) in [5.74, 6) is -0.165. The number of amides is 1. The van der Waals surface area contributed by atoms with Crippen molar-refractivity contribution in [1.29, 1.82) is 0 Å². The summed E-state index contributed by atoms with van der Waals surface area (Å²) >= 11 is 11.6. The molecule has 0 saturated heterocycles. The topological polar surface area (TPSA) is 29.1 Å². The minimum absolute atomic E-state index is 0.165. The Bertz CT molecular complexity index is 645. The molecule has 0 aliphatic heterocycles. The molecule has 0 unspecified atom stereocenters. The van der Waals surface area contributed by atoms with Crippen LogP contribution >= 0.6 is 50.1 Å². The number of carbonyl (C=O) groups excluding carboxylic acids is 1. The van der Waals surface area contributed by atoms with Crippen LogP contribution in [0.1, 0.15) is 15.9 Å². The van der Waals surface area contributed by atoms with Crippen LogP contribution in [-0.4, -0.2) is 5.91 Å². The second-order valence-corrected chi connectivity index (χ2v) is 6.61. The Morgan fingerprint density at radius 1 is 1.26 bits per heavy atom. The van der Waals surface area contributed by atoms with Crippen molar-refractivity contribution in [3.8, 4) is 0 Å². The Morgan fingerprint density at radius 3 is 2.68 bits per heavy atom. The molecule has 0 bridgehead atoms. The highest BCUT2D eigenvalue weighted by atomic mass is 127. The summed E-state index contributed by atoms with van der Waals surface area (Å²) in [6, 6.07) is 11.1. The third kappa shape index (κ3) is 3.70. The first-order valence-corrected chi connectivity index (χ1v) is 7.75. The number of benzene rings is 2. The van der Waals surface area contributed by atoms with Gasteiger partial charge in [0.05, 0.1) is 10.7 Å². The summed E-state index contributed by atoms with van der Waals surface area (Å²) in [4.78, 5) is 12.2. The van der Waals surface area contributed by atoms with Crippen molar-refractivity contribution in [3.63, 3.8) is 0 Å². The number of hydrogen-bond acceptors (Lipinski definition) is 1. The molecular formula is C14H10BrClINO. The average molecular weight is 451 g/mol. The second kappa shape index (κ2) is 6.24. The fraction of sp³-hybridized carbons (Fsp3) is 0.0714. The molecule has 0 aliphatic rings. The Labute approximate surface area is 138 Å². The third-order valence-electron chi connectivity index (χ3n) is 2.62. The average Bonchev–Trinajstić information content (AvgIpc) is 2.35. The van der Waals surface area contributed by atoms with Gasteiger partial charge in [0.15, 0.2) is 0 Å². The highest BCUT2D eigenvalue weighted by Gasteiger charge is 2.11. The van der Waals surface area contributed by atoms with Crippen molar-refractivity contribution in [3.05, 3.63) is 60.6 Å². The van der Waals surface area contributed by atoms with Crippen molar-refractivity contribution >= 4 is 61.7 Å². The van der Waals surface area contributed by atoms with Gasteiger partial charge in [0.25, 0.3) is 5.91 Å². The predicted octanol–water partition coefficient (Wildman–Crippen LogP) is 5.27. The van der Waals surface area contributed by atoms with E-state index < -0.39 is 0 Å². The van der Waals surface area contributed by atoms with Crippen LogP contribution < -0.4 is 5.32 Å². The molecule has 5 heteroatoms. The SMILES string of the molecule is Cc1ccc(Br)cc1C(=O)Nc1ccc(I)cc1Cl. The molecule has 0 heterocycles. The Balaban J connectivity index is 2.28. The van der Waals surface area contributed by atoms with Gasteiger partial charge in [-0.2, -0.15) is 0 Å². The maximum atomic E-state index is 12.2. The number of anilines is 1. The lowest BCUT2D eigenvalue weighted by Crippen LogP contribution is -2.13. The molecule has 98 valence electrons. The summed E-state index contributed by atoms with van der Waals surface area (Å²) in [6.45, 7) is 1.90. The normalized spacial score (nSPS) is 10.3. The van der Waals surface area contributed by atoms with Gasteiger partial charge in [-0.3, -0.25) is 4.79 Å². The van der Waals surface area contributed by atoms with Gasteiger partial charge in [0.1, 0.15) is 0 Å². The van der Waals surface area contributed by atoms with Crippen LogP contribution in [0.15, 0.2) is 40.9 Å². The number of nitrogens with one attached hydrogen (secondary N) is 1. The van der Waals surface area contributed by atoms with E-state index in [9.17, 15) is 4.79 Å². The summed E-state index contributed by atoms with van der Waals surface area (Å²) in [5, 5.41) is 3.36. The molecule has 0 spiro atoms. The Morgan fingerprint density at radius 2 is 2.00 bits per heavy atom. The van der Waals surface area contributed by atoms with Crippen LogP contribution in [0.3, 0.4) is 0 Å². The van der Waals surface area contributed by atoms with Crippen molar-refractivity contribution in [1.82, 2.24) is 0 Å². The van der Waals surface area contributed by atoms with Crippen LogP contribution in [0, 0.1) is 10.5 Å². The van der Waals surface area contributed by atoms with E-state index in [1.807, 2.05) is 31.2 Å². The molecule has 2 aromatic carbocycles. The largest absolute Gasteiger partial charge is 0.321 e. The molecule has 2 aromatic rings.